The molecule has 0 spiro atoms. The zero-order chi connectivity index (χ0) is 29.2. The summed E-state index contributed by atoms with van der Waals surface area (Å²) in [5.41, 5.74) is -3.33. The van der Waals surface area contributed by atoms with Gasteiger partial charge in [-0.05, 0) is 35.7 Å². The third-order valence-electron chi connectivity index (χ3n) is 4.85. The van der Waals surface area contributed by atoms with E-state index in [1.165, 1.54) is 0 Å². The third kappa shape index (κ3) is 4.08. The Labute approximate surface area is 196 Å². The summed E-state index contributed by atoms with van der Waals surface area (Å²) in [7, 11) is 0. The van der Waals surface area contributed by atoms with Crippen LogP contribution in [0.25, 0.3) is 0 Å². The minimum absolute atomic E-state index is 0.0738. The van der Waals surface area contributed by atoms with Crippen LogP contribution in [0.3, 0.4) is 0 Å². The molecule has 2 unspecified atom stereocenters. The van der Waals surface area contributed by atoms with Crippen LogP contribution in [-0.4, -0.2) is 34.6 Å². The number of halogens is 3. The van der Waals surface area contributed by atoms with E-state index in [0.29, 0.717) is 4.90 Å². The Kier molecular flexibility index (Phi) is 3.81. The molecule has 0 aromatic heterocycles. The van der Waals surface area contributed by atoms with E-state index >= 15 is 0 Å². The smallest absolute Gasteiger partial charge is 0.346 e. The van der Waals surface area contributed by atoms with Crippen molar-refractivity contribution in [3.8, 4) is 0 Å². The molecule has 2 aromatic rings. The molecule has 0 aliphatic carbocycles. The van der Waals surface area contributed by atoms with E-state index in [-0.39, 0.29) is 17.9 Å². The Morgan fingerprint density at radius 1 is 1.34 bits per heavy atom. The van der Waals surface area contributed by atoms with E-state index in [9.17, 15) is 28.0 Å². The minimum atomic E-state index is -4.43. The number of alkyl halides is 2. The Morgan fingerprint density at radius 3 is 2.75 bits per heavy atom. The molecule has 2 heterocycles. The van der Waals surface area contributed by atoms with E-state index in [0.717, 1.165) is 24.3 Å². The highest BCUT2D eigenvalue weighted by molar-refractivity contribution is 6.30. The van der Waals surface area contributed by atoms with E-state index in [1.807, 2.05) is 5.32 Å². The summed E-state index contributed by atoms with van der Waals surface area (Å²) >= 11 is 5.67. The van der Waals surface area contributed by atoms with Gasteiger partial charge in [0.15, 0.2) is 1.41 Å². The summed E-state index contributed by atoms with van der Waals surface area (Å²) in [6.45, 7) is -5.47. The van der Waals surface area contributed by atoms with Crippen LogP contribution in [0.1, 0.15) is 48.1 Å². The molecule has 2 aliphatic rings. The second kappa shape index (κ2) is 8.31. The molecule has 4 rings (SSSR count). The number of amides is 4. The highest BCUT2D eigenvalue weighted by Gasteiger charge is 2.41. The molecular formula is C22H18ClF2N3O4. The number of nitrogens with zero attached hydrogens (tertiary/aromatic N) is 1. The molecule has 2 N–H and O–H groups in total. The number of rotatable bonds is 5. The van der Waals surface area contributed by atoms with Gasteiger partial charge in [0, 0.05) is 35.6 Å². The number of piperidine rings is 1. The summed E-state index contributed by atoms with van der Waals surface area (Å²) in [5, 5.41) is 1.33. The number of nitrogens with one attached hydrogen (secondary N) is 2. The van der Waals surface area contributed by atoms with Crippen molar-refractivity contribution in [3.63, 3.8) is 0 Å². The lowest BCUT2D eigenvalue weighted by atomic mass is 10.0. The third-order valence-corrected chi connectivity index (χ3v) is 5.10. The molecule has 2 aromatic carbocycles. The summed E-state index contributed by atoms with van der Waals surface area (Å²) in [4.78, 5) is 50.3. The second-order valence-corrected chi connectivity index (χ2v) is 7.39. The van der Waals surface area contributed by atoms with Gasteiger partial charge in [-0.15, -0.1) is 0 Å². The van der Waals surface area contributed by atoms with Crippen LogP contribution in [0, 0.1) is 0 Å². The quantitative estimate of drug-likeness (QED) is 0.659. The van der Waals surface area contributed by atoms with Gasteiger partial charge in [-0.2, -0.15) is 8.78 Å². The van der Waals surface area contributed by atoms with Crippen molar-refractivity contribution in [2.45, 2.75) is 37.8 Å². The van der Waals surface area contributed by atoms with E-state index in [4.69, 9.17) is 21.2 Å². The lowest BCUT2D eigenvalue weighted by Crippen LogP contribution is -2.52. The van der Waals surface area contributed by atoms with Gasteiger partial charge in [-0.1, -0.05) is 35.8 Å². The van der Waals surface area contributed by atoms with Crippen molar-refractivity contribution >= 4 is 35.2 Å². The molecule has 1 fully saturated rings. The highest BCUT2D eigenvalue weighted by Crippen LogP contribution is 2.30. The van der Waals surface area contributed by atoms with Gasteiger partial charge in [-0.25, -0.2) is 0 Å². The Morgan fingerprint density at radius 2 is 2.06 bits per heavy atom. The maximum absolute atomic E-state index is 14.9. The highest BCUT2D eigenvalue weighted by atomic mass is 35.5. The predicted octanol–water partition coefficient (Wildman–Crippen LogP) is 2.51. The fourth-order valence-electron chi connectivity index (χ4n) is 3.21. The maximum atomic E-state index is 14.9. The van der Waals surface area contributed by atoms with Gasteiger partial charge < -0.3 is 10.2 Å². The van der Waals surface area contributed by atoms with Gasteiger partial charge in [0.2, 0.25) is 11.8 Å². The number of imide groups is 1. The first-order valence-electron chi connectivity index (χ1n) is 12.8. The van der Waals surface area contributed by atoms with Gasteiger partial charge in [0.05, 0.1) is 8.22 Å². The Hall–Kier alpha value is -3.33. The molecule has 166 valence electrons. The molecule has 7 nitrogen and oxygen atoms in total. The normalized spacial score (nSPS) is 24.3. The summed E-state index contributed by atoms with van der Waals surface area (Å²) < 4.78 is 87.8. The van der Waals surface area contributed by atoms with E-state index in [2.05, 4.69) is 0 Å². The Balaban J connectivity index is 1.77. The fourth-order valence-corrected chi connectivity index (χ4v) is 3.33. The van der Waals surface area contributed by atoms with Crippen LogP contribution in [0.4, 0.5) is 8.78 Å². The molecule has 1 saturated heterocycles. The van der Waals surface area contributed by atoms with Crippen molar-refractivity contribution in [1.82, 2.24) is 15.5 Å². The first-order chi connectivity index (χ1) is 18.0. The molecular weight excluding hydrogens is 444 g/mol. The van der Waals surface area contributed by atoms with Gasteiger partial charge in [-0.3, -0.25) is 24.5 Å². The summed E-state index contributed by atoms with van der Waals surface area (Å²) in [6.07, 6.45) is -0.337. The van der Waals surface area contributed by atoms with Crippen LogP contribution >= 0.6 is 11.6 Å². The van der Waals surface area contributed by atoms with Crippen LogP contribution in [0.15, 0.2) is 42.4 Å². The standard InChI is InChI=1S/C22H18ClF2N3O4/c23-15-4-2-14(3-5-15)22(24,25)21(32)26-10-12-1-6-16-13(9-12)11-28(20(16)31)17-7-8-18(29)27-19(17)30/h1-6,9,17H,7-8,10-11H2,(H,26,32)(H,27,29,30)/i1D,6D,9D,10D2,11D/hD. The SMILES string of the molecule is [2H]c1c([2H])c(C([2H])([2H])N([2H])C(=O)C(F)(F)c2ccc(Cl)cc2)c([2H])c2c1C(=O)N(C1CCC(=O)NC1=O)C2[2H]. The van der Waals surface area contributed by atoms with Crippen molar-refractivity contribution in [1.29, 1.82) is 0 Å². The molecule has 0 bridgehead atoms. The lowest BCUT2D eigenvalue weighted by Gasteiger charge is -2.29. The average Bonchev–Trinajstić information content (AvgIpc) is 3.12. The van der Waals surface area contributed by atoms with Crippen LogP contribution in [0.5, 0.6) is 0 Å². The van der Waals surface area contributed by atoms with Crippen LogP contribution in [-0.2, 0) is 33.3 Å². The molecule has 10 heteroatoms. The molecule has 4 amide bonds. The lowest BCUT2D eigenvalue weighted by molar-refractivity contribution is -0.147. The van der Waals surface area contributed by atoms with Crippen molar-refractivity contribution < 1.29 is 37.6 Å². The van der Waals surface area contributed by atoms with Gasteiger partial charge in [0.1, 0.15) is 6.04 Å². The van der Waals surface area contributed by atoms with Crippen molar-refractivity contribution in [2.24, 2.45) is 0 Å². The van der Waals surface area contributed by atoms with Crippen molar-refractivity contribution in [3.05, 3.63) is 69.7 Å². The van der Waals surface area contributed by atoms with E-state index in [1.54, 1.807) is 0 Å². The van der Waals surface area contributed by atoms with Crippen LogP contribution in [0.2, 0.25) is 6.43 Å². The molecule has 0 saturated carbocycles. The number of benzene rings is 2. The molecule has 2 atom stereocenters. The Bertz CT molecular complexity index is 1430. The largest absolute Gasteiger partial charge is 0.349 e. The zero-order valence-electron chi connectivity index (χ0n) is 23.0. The fraction of sp³-hybridized carbons (Fsp3) is 0.273. The van der Waals surface area contributed by atoms with Gasteiger partial charge >= 0.3 is 5.92 Å². The first-order valence-corrected chi connectivity index (χ1v) is 9.61. The maximum Gasteiger partial charge on any atom is 0.349 e. The predicted molar refractivity (Wildman–Crippen MR) is 110 cm³/mol. The van der Waals surface area contributed by atoms with E-state index < -0.39 is 94.3 Å². The summed E-state index contributed by atoms with van der Waals surface area (Å²) in [6, 6.07) is -0.811. The number of carbonyl (C=O) groups is 4. The number of fused-ring (bicyclic) bond motifs is 1. The molecule has 32 heavy (non-hydrogen) atoms. The first kappa shape index (κ1) is 14.7. The van der Waals surface area contributed by atoms with Crippen molar-refractivity contribution in [2.75, 3.05) is 0 Å². The second-order valence-electron chi connectivity index (χ2n) is 6.96. The van der Waals surface area contributed by atoms with Crippen LogP contribution < -0.4 is 10.6 Å². The number of hydrogen-bond donors (Lipinski definition) is 2. The van der Waals surface area contributed by atoms with Gasteiger partial charge in [0.25, 0.3) is 11.8 Å². The zero-order valence-corrected chi connectivity index (χ0v) is 16.8. The topological polar surface area (TPSA) is 95.6 Å². The summed E-state index contributed by atoms with van der Waals surface area (Å²) in [5.74, 6) is -9.39. The monoisotopic (exact) mass is 468 g/mol. The molecule has 2 aliphatic heterocycles. The minimum Gasteiger partial charge on any atom is -0.346 e. The molecule has 0 radical (unpaired) electrons. The average molecular weight is 469 g/mol. The number of carbonyl (C=O) groups excluding carboxylic acids is 4. The number of hydrogen-bond acceptors (Lipinski definition) is 4.